The maximum absolute atomic E-state index is 13.3. The fourth-order valence-electron chi connectivity index (χ4n) is 4.01. The summed E-state index contributed by atoms with van der Waals surface area (Å²) in [7, 11) is 3.20. The van der Waals surface area contributed by atoms with E-state index >= 15 is 0 Å². The molecular formula is C31H28O5. The molecule has 5 heteroatoms. The van der Waals surface area contributed by atoms with Crippen LogP contribution in [-0.4, -0.2) is 25.3 Å². The predicted molar refractivity (Wildman–Crippen MR) is 141 cm³/mol. The fraction of sp³-hybridized carbons (Fsp3) is 0.129. The molecular weight excluding hydrogens is 452 g/mol. The van der Waals surface area contributed by atoms with Crippen molar-refractivity contribution in [1.82, 2.24) is 0 Å². The highest BCUT2D eigenvalue weighted by Gasteiger charge is 2.23. The van der Waals surface area contributed by atoms with Gasteiger partial charge in [0.15, 0.2) is 0 Å². The summed E-state index contributed by atoms with van der Waals surface area (Å²) >= 11 is 0. The van der Waals surface area contributed by atoms with E-state index in [1.807, 2.05) is 103 Å². The molecule has 0 aromatic heterocycles. The number of ether oxygens (including phenoxy) is 3. The molecule has 5 nitrogen and oxygen atoms in total. The van der Waals surface area contributed by atoms with E-state index in [0.717, 1.165) is 16.9 Å². The zero-order valence-corrected chi connectivity index (χ0v) is 20.3. The number of rotatable bonds is 9. The van der Waals surface area contributed by atoms with Gasteiger partial charge in [-0.15, -0.1) is 0 Å². The summed E-state index contributed by atoms with van der Waals surface area (Å²) in [6, 6.07) is 28.1. The first-order valence-corrected chi connectivity index (χ1v) is 11.6. The maximum atomic E-state index is 13.3. The third kappa shape index (κ3) is 5.58. The Morgan fingerprint density at radius 1 is 0.778 bits per heavy atom. The quantitative estimate of drug-likeness (QED) is 0.270. The molecule has 4 aromatic carbocycles. The Morgan fingerprint density at radius 2 is 1.44 bits per heavy atom. The van der Waals surface area contributed by atoms with E-state index in [9.17, 15) is 9.90 Å². The van der Waals surface area contributed by atoms with Crippen LogP contribution in [0.3, 0.4) is 0 Å². The van der Waals surface area contributed by atoms with Gasteiger partial charge in [-0.25, -0.2) is 4.79 Å². The molecule has 1 N–H and O–H groups in total. The fourth-order valence-corrected chi connectivity index (χ4v) is 4.01. The number of carbonyl (C=O) groups excluding carboxylic acids is 1. The average Bonchev–Trinajstić information content (AvgIpc) is 2.93. The summed E-state index contributed by atoms with van der Waals surface area (Å²) in [5.41, 5.74) is 3.73. The Labute approximate surface area is 211 Å². The van der Waals surface area contributed by atoms with Crippen molar-refractivity contribution < 1.29 is 24.1 Å². The van der Waals surface area contributed by atoms with E-state index in [0.29, 0.717) is 28.9 Å². The number of phenolic OH excluding ortho intramolecular Hbond substituents is 1. The summed E-state index contributed by atoms with van der Waals surface area (Å²) in [6.07, 6.45) is 4.27. The third-order valence-corrected chi connectivity index (χ3v) is 5.85. The number of carbonyl (C=O) groups is 1. The number of phenols is 1. The zero-order valence-electron chi connectivity index (χ0n) is 20.3. The van der Waals surface area contributed by atoms with Crippen molar-refractivity contribution in [3.05, 3.63) is 119 Å². The van der Waals surface area contributed by atoms with Crippen molar-refractivity contribution in [3.8, 4) is 28.4 Å². The lowest BCUT2D eigenvalue weighted by Gasteiger charge is -2.16. The number of hydrogen-bond acceptors (Lipinski definition) is 5. The Hall–Kier alpha value is -4.51. The molecule has 0 spiro atoms. The molecule has 4 rings (SSSR count). The SMILES string of the molecule is COc1ccccc1/C=C/Cc1ccc(-c2ccccc2OC)c(C(=O)OCc2ccccc2)c1O. The first kappa shape index (κ1) is 24.6. The predicted octanol–water partition coefficient (Wildman–Crippen LogP) is 6.69. The van der Waals surface area contributed by atoms with Crippen molar-refractivity contribution in [2.75, 3.05) is 14.2 Å². The van der Waals surface area contributed by atoms with Gasteiger partial charge in [0.2, 0.25) is 0 Å². The summed E-state index contributed by atoms with van der Waals surface area (Å²) in [6.45, 7) is 0.0996. The molecule has 0 amide bonds. The highest BCUT2D eigenvalue weighted by molar-refractivity contribution is 6.01. The molecule has 0 bridgehead atoms. The van der Waals surface area contributed by atoms with Gasteiger partial charge in [-0.3, -0.25) is 0 Å². The van der Waals surface area contributed by atoms with E-state index < -0.39 is 5.97 Å². The minimum atomic E-state index is -0.604. The monoisotopic (exact) mass is 480 g/mol. The Bertz CT molecular complexity index is 1360. The smallest absolute Gasteiger partial charge is 0.342 e. The highest BCUT2D eigenvalue weighted by atomic mass is 16.5. The van der Waals surface area contributed by atoms with Crippen LogP contribution in [0.5, 0.6) is 17.2 Å². The van der Waals surface area contributed by atoms with Gasteiger partial charge >= 0.3 is 5.97 Å². The lowest BCUT2D eigenvalue weighted by atomic mass is 9.94. The van der Waals surface area contributed by atoms with Crippen LogP contribution in [0, 0.1) is 0 Å². The number of methoxy groups -OCH3 is 2. The van der Waals surface area contributed by atoms with Crippen molar-refractivity contribution >= 4 is 12.0 Å². The molecule has 0 aliphatic carbocycles. The Kier molecular flexibility index (Phi) is 8.04. The molecule has 0 aliphatic rings. The van der Waals surface area contributed by atoms with Crippen LogP contribution in [0.2, 0.25) is 0 Å². The molecule has 0 fully saturated rings. The van der Waals surface area contributed by atoms with Crippen LogP contribution in [-0.2, 0) is 17.8 Å². The number of para-hydroxylation sites is 2. The van der Waals surface area contributed by atoms with Crippen LogP contribution < -0.4 is 9.47 Å². The number of allylic oxidation sites excluding steroid dienone is 1. The second-order valence-electron chi connectivity index (χ2n) is 8.11. The second-order valence-corrected chi connectivity index (χ2v) is 8.11. The molecule has 0 aliphatic heterocycles. The molecule has 0 heterocycles. The lowest BCUT2D eigenvalue weighted by Crippen LogP contribution is -2.09. The van der Waals surface area contributed by atoms with Crippen molar-refractivity contribution in [2.45, 2.75) is 13.0 Å². The molecule has 36 heavy (non-hydrogen) atoms. The number of aromatic hydroxyl groups is 1. The van der Waals surface area contributed by atoms with Gasteiger partial charge in [0.05, 0.1) is 14.2 Å². The molecule has 0 atom stereocenters. The van der Waals surface area contributed by atoms with E-state index in [1.54, 1.807) is 14.2 Å². The van der Waals surface area contributed by atoms with Crippen LogP contribution in [0.4, 0.5) is 0 Å². The number of benzene rings is 4. The highest BCUT2D eigenvalue weighted by Crippen LogP contribution is 2.38. The Morgan fingerprint density at radius 3 is 2.19 bits per heavy atom. The Balaban J connectivity index is 1.69. The van der Waals surface area contributed by atoms with Gasteiger partial charge in [-0.1, -0.05) is 91.0 Å². The molecule has 0 unspecified atom stereocenters. The first-order chi connectivity index (χ1) is 17.6. The molecule has 0 saturated heterocycles. The molecule has 4 aromatic rings. The summed E-state index contributed by atoms with van der Waals surface area (Å²) in [4.78, 5) is 13.3. The van der Waals surface area contributed by atoms with E-state index in [2.05, 4.69) is 0 Å². The van der Waals surface area contributed by atoms with Crippen LogP contribution in [0.1, 0.15) is 27.0 Å². The largest absolute Gasteiger partial charge is 0.507 e. The molecule has 0 saturated carbocycles. The topological polar surface area (TPSA) is 65.0 Å². The molecule has 0 radical (unpaired) electrons. The molecule has 182 valence electrons. The number of hydrogen-bond donors (Lipinski definition) is 1. The van der Waals surface area contributed by atoms with Gasteiger partial charge in [0, 0.05) is 16.7 Å². The second kappa shape index (κ2) is 11.8. The van der Waals surface area contributed by atoms with Crippen molar-refractivity contribution in [3.63, 3.8) is 0 Å². The van der Waals surface area contributed by atoms with Crippen LogP contribution in [0.15, 0.2) is 97.1 Å². The normalized spacial score (nSPS) is 10.8. The lowest BCUT2D eigenvalue weighted by molar-refractivity contribution is 0.0470. The van der Waals surface area contributed by atoms with Gasteiger partial charge < -0.3 is 19.3 Å². The van der Waals surface area contributed by atoms with Crippen LogP contribution >= 0.6 is 0 Å². The number of esters is 1. The summed E-state index contributed by atoms with van der Waals surface area (Å²) < 4.78 is 16.5. The van der Waals surface area contributed by atoms with E-state index in [-0.39, 0.29) is 17.9 Å². The van der Waals surface area contributed by atoms with Crippen molar-refractivity contribution in [1.29, 1.82) is 0 Å². The van der Waals surface area contributed by atoms with Crippen LogP contribution in [0.25, 0.3) is 17.2 Å². The van der Waals surface area contributed by atoms with E-state index in [1.165, 1.54) is 0 Å². The van der Waals surface area contributed by atoms with Gasteiger partial charge in [0.1, 0.15) is 29.4 Å². The first-order valence-electron chi connectivity index (χ1n) is 11.6. The minimum absolute atomic E-state index is 0.0996. The minimum Gasteiger partial charge on any atom is -0.507 e. The summed E-state index contributed by atoms with van der Waals surface area (Å²) in [5, 5.41) is 11.3. The van der Waals surface area contributed by atoms with E-state index in [4.69, 9.17) is 14.2 Å². The zero-order chi connectivity index (χ0) is 25.3. The van der Waals surface area contributed by atoms with Gasteiger partial charge in [-0.2, -0.15) is 0 Å². The standard InChI is InChI=1S/C31H28O5/c1-34-27-17-8-6-13-23(27)14-10-15-24-19-20-26(25-16-7-9-18-28(25)35-2)29(30(24)32)31(33)36-21-22-11-4-3-5-12-22/h3-14,16-20,32H,15,21H2,1-2H3/b14-10+. The average molecular weight is 481 g/mol. The van der Waals surface area contributed by atoms with Crippen molar-refractivity contribution in [2.24, 2.45) is 0 Å². The van der Waals surface area contributed by atoms with Gasteiger partial charge in [-0.05, 0) is 29.7 Å². The van der Waals surface area contributed by atoms with Gasteiger partial charge in [0.25, 0.3) is 0 Å². The summed E-state index contributed by atoms with van der Waals surface area (Å²) in [5.74, 6) is 0.640. The third-order valence-electron chi connectivity index (χ3n) is 5.85. The maximum Gasteiger partial charge on any atom is 0.342 e.